The quantitative estimate of drug-likeness (QED) is 0.482. The van der Waals surface area contributed by atoms with Gasteiger partial charge in [-0.05, 0) is 26.3 Å². The lowest BCUT2D eigenvalue weighted by atomic mass is 10.2. The van der Waals surface area contributed by atoms with Crippen LogP contribution in [-0.4, -0.2) is 0 Å². The van der Waals surface area contributed by atoms with E-state index in [1.54, 1.807) is 12.2 Å². The highest BCUT2D eigenvalue weighted by molar-refractivity contribution is 5.17. The highest BCUT2D eigenvalue weighted by Crippen LogP contribution is 1.94. The molecule has 0 spiro atoms. The van der Waals surface area contributed by atoms with Crippen LogP contribution in [-0.2, 0) is 0 Å². The van der Waals surface area contributed by atoms with Crippen molar-refractivity contribution >= 4 is 0 Å². The predicted octanol–water partition coefficient (Wildman–Crippen LogP) is 4.67. The van der Waals surface area contributed by atoms with E-state index in [4.69, 9.17) is 5.73 Å². The zero-order chi connectivity index (χ0) is 12.6. The summed E-state index contributed by atoms with van der Waals surface area (Å²) in [6.45, 7) is 20.6. The first kappa shape index (κ1) is 23.1. The second-order valence-corrected chi connectivity index (χ2v) is 1.98. The average Bonchev–Trinajstić information content (AvgIpc) is 2.23. The smallest absolute Gasteiger partial charge is 0.00783 e. The van der Waals surface area contributed by atoms with E-state index in [9.17, 15) is 0 Å². The van der Waals surface area contributed by atoms with Crippen LogP contribution in [0.2, 0.25) is 0 Å². The maximum absolute atomic E-state index is 5.35. The number of allylic oxidation sites excluding steroid dienone is 4. The largest absolute Gasteiger partial charge is 0.402 e. The van der Waals surface area contributed by atoms with Crippen molar-refractivity contribution < 1.29 is 0 Å². The molecule has 86 valence electrons. The fraction of sp³-hybridized carbons (Fsp3) is 0.538. The van der Waals surface area contributed by atoms with Crippen molar-refractivity contribution in [2.75, 3.05) is 0 Å². The molecule has 0 aromatic rings. The van der Waals surface area contributed by atoms with Gasteiger partial charge in [-0.1, -0.05) is 46.4 Å². The van der Waals surface area contributed by atoms with Gasteiger partial charge in [-0.3, -0.25) is 0 Å². The van der Waals surface area contributed by atoms with Gasteiger partial charge < -0.3 is 5.73 Å². The van der Waals surface area contributed by atoms with Crippen LogP contribution >= 0.6 is 0 Å². The van der Waals surface area contributed by atoms with E-state index in [-0.39, 0.29) is 0 Å². The topological polar surface area (TPSA) is 26.0 Å². The molecule has 1 heteroatoms. The first-order valence-corrected chi connectivity index (χ1v) is 5.22. The lowest BCUT2D eigenvalue weighted by Gasteiger charge is -1.90. The average molecular weight is 199 g/mol. The molecular weight excluding hydrogens is 170 g/mol. The molecule has 2 N–H and O–H groups in total. The zero-order valence-electron chi connectivity index (χ0n) is 11.1. The van der Waals surface area contributed by atoms with Gasteiger partial charge in [0.2, 0.25) is 0 Å². The van der Waals surface area contributed by atoms with Crippen molar-refractivity contribution in [3.8, 4) is 0 Å². The summed E-state index contributed by atoms with van der Waals surface area (Å²) < 4.78 is 0. The van der Waals surface area contributed by atoms with Gasteiger partial charge in [-0.2, -0.15) is 0 Å². The molecule has 0 aromatic heterocycles. The van der Waals surface area contributed by atoms with Crippen LogP contribution in [0.5, 0.6) is 0 Å². The molecule has 14 heavy (non-hydrogen) atoms. The van der Waals surface area contributed by atoms with Crippen molar-refractivity contribution in [2.24, 2.45) is 5.73 Å². The van der Waals surface area contributed by atoms with Gasteiger partial charge >= 0.3 is 0 Å². The van der Waals surface area contributed by atoms with Crippen molar-refractivity contribution in [3.63, 3.8) is 0 Å². The van der Waals surface area contributed by atoms with Crippen LogP contribution in [0, 0.1) is 0 Å². The minimum atomic E-state index is 0.843. The Labute approximate surface area is 91.4 Å². The van der Waals surface area contributed by atoms with Crippen molar-refractivity contribution in [2.45, 2.75) is 48.5 Å². The summed E-state index contributed by atoms with van der Waals surface area (Å²) in [4.78, 5) is 0. The Morgan fingerprint density at radius 3 is 1.21 bits per heavy atom. The van der Waals surface area contributed by atoms with E-state index < -0.39 is 0 Å². The van der Waals surface area contributed by atoms with Crippen LogP contribution in [0.15, 0.2) is 36.6 Å². The minimum absolute atomic E-state index is 0.843. The van der Waals surface area contributed by atoms with Crippen LogP contribution in [0.1, 0.15) is 48.5 Å². The molecule has 0 radical (unpaired) electrons. The summed E-state index contributed by atoms with van der Waals surface area (Å²) in [5.74, 6) is 0. The Bertz CT molecular complexity index is 128. The molecule has 0 bridgehead atoms. The highest BCUT2D eigenvalue weighted by Gasteiger charge is 1.79. The van der Waals surface area contributed by atoms with E-state index >= 15 is 0 Å². The van der Waals surface area contributed by atoms with Gasteiger partial charge in [0.05, 0.1) is 0 Å². The van der Waals surface area contributed by atoms with Gasteiger partial charge in [-0.15, -0.1) is 6.58 Å². The Morgan fingerprint density at radius 1 is 1.00 bits per heavy atom. The summed E-state index contributed by atoms with van der Waals surface area (Å²) in [6, 6.07) is 0. The van der Waals surface area contributed by atoms with Crippen LogP contribution in [0.25, 0.3) is 0 Å². The third-order valence-corrected chi connectivity index (χ3v) is 0.928. The summed E-state index contributed by atoms with van der Waals surface area (Å²) in [6.07, 6.45) is 3.50. The number of hydrogen-bond donors (Lipinski definition) is 1. The Morgan fingerprint density at radius 2 is 1.21 bits per heavy atom. The lowest BCUT2D eigenvalue weighted by molar-refractivity contribution is 1.24. The molecule has 0 atom stereocenters. The summed E-state index contributed by atoms with van der Waals surface area (Å²) in [5, 5.41) is 0. The Kier molecular flexibility index (Phi) is 48.9. The van der Waals surface area contributed by atoms with E-state index in [1.807, 2.05) is 48.5 Å². The Hall–Kier alpha value is -0.980. The molecule has 1 nitrogen and oxygen atoms in total. The fourth-order valence-electron chi connectivity index (χ4n) is 0.161. The van der Waals surface area contributed by atoms with Crippen molar-refractivity contribution in [1.29, 1.82) is 0 Å². The number of rotatable bonds is 1. The minimum Gasteiger partial charge on any atom is -0.402 e. The molecule has 0 aliphatic carbocycles. The van der Waals surface area contributed by atoms with Gasteiger partial charge in [0, 0.05) is 5.70 Å². The molecule has 0 amide bonds. The molecular formula is C13H29N. The monoisotopic (exact) mass is 199 g/mol. The molecule has 0 aromatic carbocycles. The third-order valence-electron chi connectivity index (χ3n) is 0.928. The van der Waals surface area contributed by atoms with E-state index in [1.165, 1.54) is 0 Å². The molecule has 0 unspecified atom stereocenters. The number of hydrogen-bond acceptors (Lipinski definition) is 1. The van der Waals surface area contributed by atoms with E-state index in [0.29, 0.717) is 0 Å². The molecule has 0 fully saturated rings. The van der Waals surface area contributed by atoms with Crippen molar-refractivity contribution in [3.05, 3.63) is 36.6 Å². The molecule has 0 aliphatic heterocycles. The normalized spacial score (nSPS) is 8.21. The van der Waals surface area contributed by atoms with E-state index in [0.717, 1.165) is 11.3 Å². The van der Waals surface area contributed by atoms with Crippen LogP contribution in [0.3, 0.4) is 0 Å². The SMILES string of the molecule is C=C/C(C)=C(/C)N.C=CC.CC.CC. The van der Waals surface area contributed by atoms with E-state index in [2.05, 4.69) is 13.2 Å². The van der Waals surface area contributed by atoms with Gasteiger partial charge in [-0.25, -0.2) is 0 Å². The summed E-state index contributed by atoms with van der Waals surface area (Å²) in [5.41, 5.74) is 7.25. The third kappa shape index (κ3) is 43.9. The number of nitrogens with two attached hydrogens (primary N) is 1. The van der Waals surface area contributed by atoms with Crippen LogP contribution in [0.4, 0.5) is 0 Å². The molecule has 0 saturated heterocycles. The first-order chi connectivity index (χ1) is 6.59. The lowest BCUT2D eigenvalue weighted by Crippen LogP contribution is -1.92. The van der Waals surface area contributed by atoms with Crippen molar-refractivity contribution in [1.82, 2.24) is 0 Å². The molecule has 0 heterocycles. The molecule has 0 rings (SSSR count). The van der Waals surface area contributed by atoms with Crippen LogP contribution < -0.4 is 5.73 Å². The molecule has 0 aliphatic rings. The van der Waals surface area contributed by atoms with Gasteiger partial charge in [0.15, 0.2) is 0 Å². The summed E-state index contributed by atoms with van der Waals surface area (Å²) >= 11 is 0. The maximum Gasteiger partial charge on any atom is 0.00783 e. The molecule has 0 saturated carbocycles. The Balaban J connectivity index is -0.0000000603. The first-order valence-electron chi connectivity index (χ1n) is 5.22. The maximum atomic E-state index is 5.35. The highest BCUT2D eigenvalue weighted by atomic mass is 14.5. The zero-order valence-corrected chi connectivity index (χ0v) is 11.1. The predicted molar refractivity (Wildman–Crippen MR) is 71.3 cm³/mol. The van der Waals surface area contributed by atoms with Gasteiger partial charge in [0.1, 0.15) is 0 Å². The second kappa shape index (κ2) is 29.6. The van der Waals surface area contributed by atoms with Gasteiger partial charge in [0.25, 0.3) is 0 Å². The fourth-order valence-corrected chi connectivity index (χ4v) is 0.161. The summed E-state index contributed by atoms with van der Waals surface area (Å²) in [7, 11) is 0. The second-order valence-electron chi connectivity index (χ2n) is 1.98. The standard InChI is InChI=1S/C6H11N.C3H6.2C2H6/c1-4-5(2)6(3)7;1-3-2;2*1-2/h4H,1,7H2,2-3H3;3H,1H2,2H3;2*1-2H3/b6-5-;;;.